The van der Waals surface area contributed by atoms with Crippen molar-refractivity contribution < 1.29 is 18.0 Å². The number of carbonyl (C=O) groups excluding carboxylic acids is 1. The van der Waals surface area contributed by atoms with Crippen LogP contribution in [0.3, 0.4) is 0 Å². The number of rotatable bonds is 3. The minimum atomic E-state index is -4.53. The number of hydrogen-bond donors (Lipinski definition) is 2. The molecule has 0 aliphatic carbocycles. The number of H-pyrrole nitrogens is 1. The second-order valence-corrected chi connectivity index (χ2v) is 3.82. The van der Waals surface area contributed by atoms with Crippen molar-refractivity contribution in [2.24, 2.45) is 0 Å². The molecule has 0 aliphatic heterocycles. The molecule has 0 fully saturated rings. The largest absolute Gasteiger partial charge is 0.433 e. The van der Waals surface area contributed by atoms with Crippen molar-refractivity contribution >= 4 is 11.7 Å². The summed E-state index contributed by atoms with van der Waals surface area (Å²) in [7, 11) is 0. The molecule has 0 unspecified atom stereocenters. The molecule has 0 atom stereocenters. The number of halogens is 3. The van der Waals surface area contributed by atoms with Crippen LogP contribution in [0, 0.1) is 6.92 Å². The van der Waals surface area contributed by atoms with Gasteiger partial charge in [0, 0.05) is 18.0 Å². The molecule has 0 aliphatic rings. The van der Waals surface area contributed by atoms with Gasteiger partial charge in [-0.05, 0) is 13.0 Å². The summed E-state index contributed by atoms with van der Waals surface area (Å²) in [5.41, 5.74) is -1.12. The Morgan fingerprint density at radius 1 is 1.53 bits per heavy atom. The highest BCUT2D eigenvalue weighted by molar-refractivity contribution is 5.90. The summed E-state index contributed by atoms with van der Waals surface area (Å²) in [4.78, 5) is 11.6. The van der Waals surface area contributed by atoms with Crippen LogP contribution < -0.4 is 5.32 Å². The van der Waals surface area contributed by atoms with E-state index in [1.54, 1.807) is 12.3 Å². The molecule has 9 heteroatoms. The van der Waals surface area contributed by atoms with Gasteiger partial charge < -0.3 is 5.32 Å². The number of alkyl halides is 3. The lowest BCUT2D eigenvalue weighted by molar-refractivity contribution is -0.141. The Labute approximate surface area is 105 Å². The fourth-order valence-electron chi connectivity index (χ4n) is 1.51. The minimum absolute atomic E-state index is 0.0966. The average molecular weight is 273 g/mol. The molecular formula is C10H10F3N5O. The molecule has 0 saturated heterocycles. The summed E-state index contributed by atoms with van der Waals surface area (Å²) in [5.74, 6) is -0.642. The standard InChI is InChI=1S/C10H10F3N5O/c1-6-8(10(11,12)13)16-17-9(6)15-7(19)5-18-4-2-3-14-18/h2-4H,5H2,1H3,(H2,15,16,17,19). The Morgan fingerprint density at radius 2 is 2.26 bits per heavy atom. The maximum absolute atomic E-state index is 12.5. The summed E-state index contributed by atoms with van der Waals surface area (Å²) < 4.78 is 38.9. The van der Waals surface area contributed by atoms with Crippen molar-refractivity contribution in [3.8, 4) is 0 Å². The number of nitrogens with zero attached hydrogens (tertiary/aromatic N) is 3. The third kappa shape index (κ3) is 2.92. The van der Waals surface area contributed by atoms with Crippen LogP contribution in [0.5, 0.6) is 0 Å². The zero-order valence-electron chi connectivity index (χ0n) is 9.82. The molecule has 1 amide bonds. The lowest BCUT2D eigenvalue weighted by Gasteiger charge is -2.05. The smallest absolute Gasteiger partial charge is 0.307 e. The molecule has 0 radical (unpaired) electrons. The Morgan fingerprint density at radius 3 is 2.79 bits per heavy atom. The maximum atomic E-state index is 12.5. The van der Waals surface area contributed by atoms with E-state index in [4.69, 9.17) is 0 Å². The Hall–Kier alpha value is -2.32. The van der Waals surface area contributed by atoms with E-state index < -0.39 is 17.8 Å². The second-order valence-electron chi connectivity index (χ2n) is 3.82. The van der Waals surface area contributed by atoms with Crippen LogP contribution in [-0.4, -0.2) is 25.9 Å². The van der Waals surface area contributed by atoms with Gasteiger partial charge in [0.2, 0.25) is 5.91 Å². The highest BCUT2D eigenvalue weighted by Gasteiger charge is 2.36. The Balaban J connectivity index is 2.08. The van der Waals surface area contributed by atoms with E-state index >= 15 is 0 Å². The van der Waals surface area contributed by atoms with Gasteiger partial charge in [0.15, 0.2) is 5.82 Å². The SMILES string of the molecule is Cc1c(NC(=O)Cn2cccn2)n[nH]c1C(F)(F)F. The third-order valence-corrected chi connectivity index (χ3v) is 2.42. The van der Waals surface area contributed by atoms with Crippen molar-refractivity contribution in [2.75, 3.05) is 5.32 Å². The van der Waals surface area contributed by atoms with Crippen LogP contribution in [0.2, 0.25) is 0 Å². The fourth-order valence-corrected chi connectivity index (χ4v) is 1.51. The topological polar surface area (TPSA) is 75.6 Å². The van der Waals surface area contributed by atoms with E-state index in [1.807, 2.05) is 5.10 Å². The van der Waals surface area contributed by atoms with Gasteiger partial charge in [-0.2, -0.15) is 23.4 Å². The fraction of sp³-hybridized carbons (Fsp3) is 0.300. The maximum Gasteiger partial charge on any atom is 0.433 e. The summed E-state index contributed by atoms with van der Waals surface area (Å²) in [6.45, 7) is 1.14. The van der Waals surface area contributed by atoms with Crippen LogP contribution in [-0.2, 0) is 17.5 Å². The summed E-state index contributed by atoms with van der Waals surface area (Å²) in [5, 5.41) is 11.4. The molecule has 0 aromatic carbocycles. The predicted molar refractivity (Wildman–Crippen MR) is 59.2 cm³/mol. The minimum Gasteiger partial charge on any atom is -0.307 e. The number of aromatic nitrogens is 4. The van der Waals surface area contributed by atoms with Crippen molar-refractivity contribution in [2.45, 2.75) is 19.6 Å². The van der Waals surface area contributed by atoms with Crippen LogP contribution >= 0.6 is 0 Å². The number of hydrogen-bond acceptors (Lipinski definition) is 3. The predicted octanol–water partition coefficient (Wildman–Crippen LogP) is 1.57. The van der Waals surface area contributed by atoms with Crippen molar-refractivity contribution in [1.29, 1.82) is 0 Å². The zero-order valence-corrected chi connectivity index (χ0v) is 9.82. The van der Waals surface area contributed by atoms with Gasteiger partial charge in [-0.3, -0.25) is 14.6 Å². The van der Waals surface area contributed by atoms with Crippen LogP contribution in [0.25, 0.3) is 0 Å². The first-order valence-corrected chi connectivity index (χ1v) is 5.27. The van der Waals surface area contributed by atoms with E-state index in [2.05, 4.69) is 15.5 Å². The summed E-state index contributed by atoms with van der Waals surface area (Å²) >= 11 is 0. The van der Waals surface area contributed by atoms with Gasteiger partial charge in [0.1, 0.15) is 12.2 Å². The highest BCUT2D eigenvalue weighted by atomic mass is 19.4. The monoisotopic (exact) mass is 273 g/mol. The second kappa shape index (κ2) is 4.75. The van der Waals surface area contributed by atoms with E-state index in [0.717, 1.165) is 0 Å². The van der Waals surface area contributed by atoms with E-state index in [-0.39, 0.29) is 17.9 Å². The molecule has 0 saturated carbocycles. The quantitative estimate of drug-likeness (QED) is 0.891. The summed E-state index contributed by atoms with van der Waals surface area (Å²) in [6.07, 6.45) is -1.46. The zero-order chi connectivity index (χ0) is 14.0. The molecule has 2 aromatic rings. The van der Waals surface area contributed by atoms with Crippen molar-refractivity contribution in [3.63, 3.8) is 0 Å². The molecule has 19 heavy (non-hydrogen) atoms. The summed E-state index contributed by atoms with van der Waals surface area (Å²) in [6, 6.07) is 1.63. The molecule has 6 nitrogen and oxygen atoms in total. The molecule has 2 aromatic heterocycles. The molecule has 2 rings (SSSR count). The number of aromatic amines is 1. The van der Waals surface area contributed by atoms with Gasteiger partial charge in [0.05, 0.1) is 0 Å². The van der Waals surface area contributed by atoms with Gasteiger partial charge >= 0.3 is 6.18 Å². The van der Waals surface area contributed by atoms with Gasteiger partial charge in [-0.25, -0.2) is 0 Å². The van der Waals surface area contributed by atoms with E-state index in [9.17, 15) is 18.0 Å². The van der Waals surface area contributed by atoms with Crippen LogP contribution in [0.1, 0.15) is 11.3 Å². The van der Waals surface area contributed by atoms with Crippen LogP contribution in [0.4, 0.5) is 19.0 Å². The van der Waals surface area contributed by atoms with E-state index in [1.165, 1.54) is 17.8 Å². The molecule has 102 valence electrons. The number of anilines is 1. The normalized spacial score (nSPS) is 11.6. The van der Waals surface area contributed by atoms with Crippen LogP contribution in [0.15, 0.2) is 18.5 Å². The molecule has 0 bridgehead atoms. The molecule has 2 N–H and O–H groups in total. The van der Waals surface area contributed by atoms with Crippen molar-refractivity contribution in [3.05, 3.63) is 29.7 Å². The Kier molecular flexibility index (Phi) is 3.28. The highest BCUT2D eigenvalue weighted by Crippen LogP contribution is 2.32. The molecular weight excluding hydrogens is 263 g/mol. The van der Waals surface area contributed by atoms with Crippen molar-refractivity contribution in [1.82, 2.24) is 20.0 Å². The third-order valence-electron chi connectivity index (χ3n) is 2.42. The average Bonchev–Trinajstić information content (AvgIpc) is 2.89. The van der Waals surface area contributed by atoms with Gasteiger partial charge in [0.25, 0.3) is 0 Å². The lowest BCUT2D eigenvalue weighted by atomic mass is 10.2. The van der Waals surface area contributed by atoms with Gasteiger partial charge in [-0.1, -0.05) is 0 Å². The number of carbonyl (C=O) groups is 1. The lowest BCUT2D eigenvalue weighted by Crippen LogP contribution is -2.19. The first-order chi connectivity index (χ1) is 8.88. The first-order valence-electron chi connectivity index (χ1n) is 5.27. The number of nitrogens with one attached hydrogen (secondary N) is 2. The van der Waals surface area contributed by atoms with Gasteiger partial charge in [-0.15, -0.1) is 0 Å². The first kappa shape index (κ1) is 13.1. The molecule has 2 heterocycles. The van der Waals surface area contributed by atoms with E-state index in [0.29, 0.717) is 0 Å². The Bertz CT molecular complexity index is 572. The number of amides is 1. The molecule has 0 spiro atoms.